The highest BCUT2D eigenvalue weighted by molar-refractivity contribution is 5.97. The third-order valence-corrected chi connectivity index (χ3v) is 6.20. The standard InChI is InChI=1S/C23H25N5O2/c1-13-14(2)26-27-21(13)20(29)10-15-9-18-11-19(25-22(18)24-12-15)16-5-7-28(8-6-16)23(30)17-3-4-17/h5,9,11-12,17H,3-4,6-8,10H2,1-2H3,(H,24,25)(H,26,27). The number of aromatic amines is 2. The quantitative estimate of drug-likeness (QED) is 0.639. The maximum atomic E-state index is 12.6. The van der Waals surface area contributed by atoms with Gasteiger partial charge in [0.1, 0.15) is 11.3 Å². The molecule has 1 saturated carbocycles. The molecular weight excluding hydrogens is 378 g/mol. The Bertz CT molecular complexity index is 1180. The molecule has 0 spiro atoms. The first-order valence-corrected chi connectivity index (χ1v) is 10.5. The summed E-state index contributed by atoms with van der Waals surface area (Å²) in [6, 6.07) is 4.10. The molecule has 7 nitrogen and oxygen atoms in total. The van der Waals surface area contributed by atoms with Crippen molar-refractivity contribution in [2.24, 2.45) is 5.92 Å². The molecule has 0 unspecified atom stereocenters. The predicted octanol–water partition coefficient (Wildman–Crippen LogP) is 3.35. The SMILES string of the molecule is Cc1[nH]nc(C(=O)Cc2cnc3[nH]c(C4=CCN(C(=O)C5CC5)CC4)cc3c2)c1C. The van der Waals surface area contributed by atoms with Crippen LogP contribution in [-0.2, 0) is 11.2 Å². The minimum atomic E-state index is -0.0100. The number of carbonyl (C=O) groups excluding carboxylic acids is 2. The van der Waals surface area contributed by atoms with Gasteiger partial charge in [-0.15, -0.1) is 0 Å². The Hall–Kier alpha value is -3.22. The summed E-state index contributed by atoms with van der Waals surface area (Å²) in [6.45, 7) is 5.26. The number of pyridine rings is 1. The number of aromatic nitrogens is 4. The molecule has 0 atom stereocenters. The van der Waals surface area contributed by atoms with Gasteiger partial charge in [0.25, 0.3) is 0 Å². The van der Waals surface area contributed by atoms with Crippen molar-refractivity contribution < 1.29 is 9.59 Å². The number of nitrogens with one attached hydrogen (secondary N) is 2. The van der Waals surface area contributed by atoms with Crippen LogP contribution in [0.5, 0.6) is 0 Å². The van der Waals surface area contributed by atoms with E-state index in [4.69, 9.17) is 0 Å². The van der Waals surface area contributed by atoms with Crippen molar-refractivity contribution in [2.45, 2.75) is 39.5 Å². The van der Waals surface area contributed by atoms with Crippen LogP contribution in [-0.4, -0.2) is 49.8 Å². The maximum Gasteiger partial charge on any atom is 0.225 e. The van der Waals surface area contributed by atoms with Crippen LogP contribution in [0.25, 0.3) is 16.6 Å². The average Bonchev–Trinajstić information content (AvgIpc) is 3.43. The number of hydrogen-bond acceptors (Lipinski definition) is 4. The van der Waals surface area contributed by atoms with Crippen LogP contribution >= 0.6 is 0 Å². The van der Waals surface area contributed by atoms with Crippen molar-refractivity contribution in [1.82, 2.24) is 25.1 Å². The van der Waals surface area contributed by atoms with Gasteiger partial charge in [0, 0.05) is 54.0 Å². The first kappa shape index (κ1) is 18.8. The molecular formula is C23H25N5O2. The molecule has 2 aliphatic rings. The molecule has 30 heavy (non-hydrogen) atoms. The summed E-state index contributed by atoms with van der Waals surface area (Å²) in [5.74, 6) is 0.567. The molecule has 1 aliphatic heterocycles. The van der Waals surface area contributed by atoms with E-state index in [9.17, 15) is 9.59 Å². The number of ketones is 1. The molecule has 1 amide bonds. The predicted molar refractivity (Wildman–Crippen MR) is 114 cm³/mol. The number of aryl methyl sites for hydroxylation is 1. The van der Waals surface area contributed by atoms with Gasteiger partial charge in [-0.05, 0) is 56.4 Å². The lowest BCUT2D eigenvalue weighted by Gasteiger charge is -2.26. The Labute approximate surface area is 174 Å². The molecule has 7 heteroatoms. The van der Waals surface area contributed by atoms with Gasteiger partial charge in [-0.2, -0.15) is 5.10 Å². The summed E-state index contributed by atoms with van der Waals surface area (Å²) in [5, 5.41) is 7.99. The molecule has 1 aliphatic carbocycles. The Morgan fingerprint density at radius 2 is 2.07 bits per heavy atom. The normalized spacial score (nSPS) is 16.7. The highest BCUT2D eigenvalue weighted by Crippen LogP contribution is 2.33. The van der Waals surface area contributed by atoms with E-state index >= 15 is 0 Å². The van der Waals surface area contributed by atoms with Crippen LogP contribution in [0.15, 0.2) is 24.4 Å². The van der Waals surface area contributed by atoms with Crippen LogP contribution in [0.3, 0.4) is 0 Å². The second kappa shape index (κ2) is 7.23. The van der Waals surface area contributed by atoms with Crippen molar-refractivity contribution in [3.8, 4) is 0 Å². The first-order chi connectivity index (χ1) is 14.5. The molecule has 0 aromatic carbocycles. The lowest BCUT2D eigenvalue weighted by Crippen LogP contribution is -2.35. The number of nitrogens with zero attached hydrogens (tertiary/aromatic N) is 3. The van der Waals surface area contributed by atoms with Gasteiger partial charge in [-0.1, -0.05) is 6.08 Å². The van der Waals surface area contributed by atoms with E-state index in [1.54, 1.807) is 6.20 Å². The number of hydrogen-bond donors (Lipinski definition) is 2. The lowest BCUT2D eigenvalue weighted by molar-refractivity contribution is -0.132. The lowest BCUT2D eigenvalue weighted by atomic mass is 10.0. The number of fused-ring (bicyclic) bond motifs is 1. The summed E-state index contributed by atoms with van der Waals surface area (Å²) in [7, 11) is 0. The topological polar surface area (TPSA) is 94.7 Å². The summed E-state index contributed by atoms with van der Waals surface area (Å²) in [4.78, 5) is 34.7. The molecule has 0 bridgehead atoms. The fourth-order valence-electron chi connectivity index (χ4n) is 4.06. The molecule has 0 radical (unpaired) electrons. The first-order valence-electron chi connectivity index (χ1n) is 10.5. The van der Waals surface area contributed by atoms with Gasteiger partial charge in [0.15, 0.2) is 5.78 Å². The Morgan fingerprint density at radius 3 is 2.73 bits per heavy atom. The van der Waals surface area contributed by atoms with Crippen molar-refractivity contribution in [3.63, 3.8) is 0 Å². The Kier molecular flexibility index (Phi) is 4.53. The van der Waals surface area contributed by atoms with E-state index < -0.39 is 0 Å². The van der Waals surface area contributed by atoms with E-state index in [2.05, 4.69) is 32.3 Å². The van der Waals surface area contributed by atoms with Gasteiger partial charge in [-0.25, -0.2) is 4.98 Å². The molecule has 0 saturated heterocycles. The van der Waals surface area contributed by atoms with Crippen molar-refractivity contribution in [2.75, 3.05) is 13.1 Å². The van der Waals surface area contributed by atoms with Crippen molar-refractivity contribution in [1.29, 1.82) is 0 Å². The number of carbonyl (C=O) groups is 2. The third kappa shape index (κ3) is 3.44. The minimum absolute atomic E-state index is 0.0100. The van der Waals surface area contributed by atoms with E-state index in [-0.39, 0.29) is 18.1 Å². The van der Waals surface area contributed by atoms with Gasteiger partial charge in [0.05, 0.1) is 0 Å². The van der Waals surface area contributed by atoms with Gasteiger partial charge in [0.2, 0.25) is 5.91 Å². The average molecular weight is 403 g/mol. The second-order valence-electron chi connectivity index (χ2n) is 8.42. The van der Waals surface area contributed by atoms with Crippen LogP contribution in [0.4, 0.5) is 0 Å². The third-order valence-electron chi connectivity index (χ3n) is 6.20. The molecule has 4 heterocycles. The smallest absolute Gasteiger partial charge is 0.225 e. The largest absolute Gasteiger partial charge is 0.339 e. The van der Waals surface area contributed by atoms with Crippen molar-refractivity contribution in [3.05, 3.63) is 52.6 Å². The zero-order valence-electron chi connectivity index (χ0n) is 17.3. The summed E-state index contributed by atoms with van der Waals surface area (Å²) < 4.78 is 0. The number of H-pyrrole nitrogens is 2. The van der Waals surface area contributed by atoms with E-state index in [0.29, 0.717) is 18.1 Å². The number of rotatable bonds is 5. The van der Waals surface area contributed by atoms with Gasteiger partial charge in [-0.3, -0.25) is 14.7 Å². The zero-order valence-corrected chi connectivity index (χ0v) is 17.3. The fourth-order valence-corrected chi connectivity index (χ4v) is 4.06. The highest BCUT2D eigenvalue weighted by Gasteiger charge is 2.33. The minimum Gasteiger partial charge on any atom is -0.339 e. The molecule has 154 valence electrons. The second-order valence-corrected chi connectivity index (χ2v) is 8.42. The maximum absolute atomic E-state index is 12.6. The summed E-state index contributed by atoms with van der Waals surface area (Å²) in [5.41, 5.74) is 6.26. The molecule has 3 aromatic heterocycles. The van der Waals surface area contributed by atoms with E-state index in [1.807, 2.05) is 24.8 Å². The molecule has 2 N–H and O–H groups in total. The zero-order chi connectivity index (χ0) is 20.8. The van der Waals surface area contributed by atoms with Crippen LogP contribution in [0.1, 0.15) is 52.3 Å². The molecule has 5 rings (SSSR count). The Morgan fingerprint density at radius 1 is 1.23 bits per heavy atom. The summed E-state index contributed by atoms with van der Waals surface area (Å²) >= 11 is 0. The van der Waals surface area contributed by atoms with Gasteiger partial charge < -0.3 is 9.88 Å². The number of amides is 1. The van der Waals surface area contributed by atoms with Gasteiger partial charge >= 0.3 is 0 Å². The Balaban J connectivity index is 1.32. The van der Waals surface area contributed by atoms with Crippen LogP contribution < -0.4 is 0 Å². The summed E-state index contributed by atoms with van der Waals surface area (Å²) in [6.07, 6.45) is 7.10. The highest BCUT2D eigenvalue weighted by atomic mass is 16.2. The van der Waals surface area contributed by atoms with Crippen LogP contribution in [0, 0.1) is 19.8 Å². The molecule has 3 aromatic rings. The fraction of sp³-hybridized carbons (Fsp3) is 0.391. The van der Waals surface area contributed by atoms with E-state index in [1.165, 1.54) is 5.57 Å². The van der Waals surface area contributed by atoms with Crippen molar-refractivity contribution >= 4 is 28.3 Å². The monoisotopic (exact) mass is 403 g/mol. The van der Waals surface area contributed by atoms with E-state index in [0.717, 1.165) is 59.4 Å². The number of Topliss-reactive ketones (excluding diaryl/α,β-unsaturated/α-hetero) is 1. The molecule has 1 fully saturated rings. The van der Waals surface area contributed by atoms with Crippen LogP contribution in [0.2, 0.25) is 0 Å².